The Bertz CT molecular complexity index is 1190. The summed E-state index contributed by atoms with van der Waals surface area (Å²) in [5, 5.41) is 4.67. The lowest BCUT2D eigenvalue weighted by molar-refractivity contribution is -0.159. The minimum Gasteiger partial charge on any atom is -0.465 e. The maximum absolute atomic E-state index is 14.8. The van der Waals surface area contributed by atoms with Crippen LogP contribution >= 0.6 is 11.8 Å². The summed E-state index contributed by atoms with van der Waals surface area (Å²) in [4.78, 5) is 57.7. The molecular formula is C38H65N3O7SSi. The summed E-state index contributed by atoms with van der Waals surface area (Å²) in [6.45, 7) is 21.3. The van der Waals surface area contributed by atoms with Crippen LogP contribution in [0, 0.1) is 24.2 Å². The lowest BCUT2D eigenvalue weighted by Crippen LogP contribution is -2.59. The maximum Gasteiger partial charge on any atom is 0.346 e. The van der Waals surface area contributed by atoms with Crippen molar-refractivity contribution in [3.63, 3.8) is 0 Å². The summed E-state index contributed by atoms with van der Waals surface area (Å²) >= 11 is 1.22. The number of nitrogens with one attached hydrogen (secondary N) is 1. The molecule has 10 nitrogen and oxygen atoms in total. The maximum atomic E-state index is 14.8. The number of likely N-dealkylation sites (N-methyl/N-ethyl adjacent to an activating group) is 1. The van der Waals surface area contributed by atoms with E-state index in [0.29, 0.717) is 24.2 Å². The van der Waals surface area contributed by atoms with E-state index in [4.69, 9.17) is 20.3 Å². The van der Waals surface area contributed by atoms with Crippen molar-refractivity contribution in [3.8, 4) is 12.3 Å². The summed E-state index contributed by atoms with van der Waals surface area (Å²) in [7, 11) is 1.00. The highest BCUT2D eigenvalue weighted by molar-refractivity contribution is 8.05. The zero-order valence-electron chi connectivity index (χ0n) is 32.5. The average molecular weight is 736 g/mol. The number of amides is 2. The fraction of sp³-hybridized carbons (Fsp3) is 0.737. The highest BCUT2D eigenvalue weighted by atomic mass is 32.2. The zero-order valence-corrected chi connectivity index (χ0v) is 34.3. The van der Waals surface area contributed by atoms with Crippen LogP contribution in [0.5, 0.6) is 0 Å². The zero-order chi connectivity index (χ0) is 38.0. The molecule has 0 aliphatic carbocycles. The van der Waals surface area contributed by atoms with E-state index >= 15 is 0 Å². The number of rotatable bonds is 22. The first-order valence-electron chi connectivity index (χ1n) is 18.4. The van der Waals surface area contributed by atoms with E-state index in [1.54, 1.807) is 10.3 Å². The number of likely N-dealkylation sites (tertiary alicyclic amines) is 1. The molecule has 2 amide bonds. The Balaban J connectivity index is 3.70. The van der Waals surface area contributed by atoms with E-state index in [9.17, 15) is 19.2 Å². The van der Waals surface area contributed by atoms with Crippen molar-refractivity contribution in [3.05, 3.63) is 22.5 Å². The Hall–Kier alpha value is -2.59. The van der Waals surface area contributed by atoms with E-state index in [1.165, 1.54) is 18.9 Å². The van der Waals surface area contributed by atoms with Gasteiger partial charge >= 0.3 is 11.9 Å². The topological polar surface area (TPSA) is 114 Å². The standard InChI is InChI=1S/C38H65N3O7SSi/c1-13-21-34(42)47-26-41(37(44)35(28(9)14-2)39-36(43)31-22-19-20-23-40(31)11)32(27(7)8)24-33(48-50(16-4,17-5)18-6)29(10)49-25-30(15-3)38(45)46-12/h3,25,27-28,31-33,35H,10,13-14,16-24,26H2,1-2,4-9,11-12H3,(H,39,43)/b30-25+/t28-,31+,32?,33+,35-/m0/s1. The second-order valence-corrected chi connectivity index (χ2v) is 19.4. The number of thioether (sulfide) groups is 1. The number of terminal acetylenes is 1. The van der Waals surface area contributed by atoms with Gasteiger partial charge in [-0.15, -0.1) is 6.42 Å². The van der Waals surface area contributed by atoms with E-state index in [2.05, 4.69) is 43.5 Å². The number of methoxy groups -OCH3 is 1. The van der Waals surface area contributed by atoms with Gasteiger partial charge in [0.2, 0.25) is 11.8 Å². The molecule has 0 spiro atoms. The van der Waals surface area contributed by atoms with Crippen molar-refractivity contribution >= 4 is 43.8 Å². The Morgan fingerprint density at radius 2 is 1.74 bits per heavy atom. The van der Waals surface area contributed by atoms with Gasteiger partial charge < -0.3 is 24.1 Å². The molecule has 0 radical (unpaired) electrons. The van der Waals surface area contributed by atoms with Gasteiger partial charge in [0.25, 0.3) is 0 Å². The van der Waals surface area contributed by atoms with Crippen LogP contribution in [0.2, 0.25) is 18.1 Å². The number of piperidine rings is 1. The number of ether oxygens (including phenoxy) is 2. The van der Waals surface area contributed by atoms with Crippen LogP contribution in [0.15, 0.2) is 22.5 Å². The fourth-order valence-electron chi connectivity index (χ4n) is 6.25. The van der Waals surface area contributed by atoms with E-state index in [0.717, 1.165) is 43.9 Å². The molecule has 1 unspecified atom stereocenters. The first-order valence-corrected chi connectivity index (χ1v) is 21.8. The molecule has 0 aromatic heterocycles. The summed E-state index contributed by atoms with van der Waals surface area (Å²) in [5.74, 6) is 0.659. The highest BCUT2D eigenvalue weighted by Gasteiger charge is 2.40. The SMILES string of the molecule is C#C/C(=C\SC(=C)[C@@H](CC(C(C)C)N(COC(=O)CCC)C(=O)[C@@H](NC(=O)[C@H]1CCCCN1C)[C@@H](C)CC)O[Si](CC)(CC)CC)C(=O)OC. The third-order valence-electron chi connectivity index (χ3n) is 10.2. The van der Waals surface area contributed by atoms with Crippen molar-refractivity contribution in [2.45, 2.75) is 143 Å². The molecule has 12 heteroatoms. The van der Waals surface area contributed by atoms with Gasteiger partial charge in [0.05, 0.1) is 19.3 Å². The van der Waals surface area contributed by atoms with Crippen LogP contribution in [0.25, 0.3) is 0 Å². The lowest BCUT2D eigenvalue weighted by Gasteiger charge is -2.41. The van der Waals surface area contributed by atoms with Gasteiger partial charge in [-0.25, -0.2) is 4.79 Å². The quantitative estimate of drug-likeness (QED) is 0.0418. The molecule has 5 atom stereocenters. The predicted octanol–water partition coefficient (Wildman–Crippen LogP) is 6.87. The monoisotopic (exact) mass is 735 g/mol. The number of hydrogen-bond acceptors (Lipinski definition) is 9. The lowest BCUT2D eigenvalue weighted by atomic mass is 9.92. The second-order valence-electron chi connectivity index (χ2n) is 13.7. The van der Waals surface area contributed by atoms with Crippen LogP contribution in [-0.4, -0.2) is 93.5 Å². The Morgan fingerprint density at radius 3 is 2.24 bits per heavy atom. The minimum atomic E-state index is -2.22. The predicted molar refractivity (Wildman–Crippen MR) is 205 cm³/mol. The number of carbonyl (C=O) groups excluding carboxylic acids is 4. The van der Waals surface area contributed by atoms with Crippen molar-refractivity contribution in [1.29, 1.82) is 0 Å². The number of esters is 2. The molecule has 284 valence electrons. The van der Waals surface area contributed by atoms with Crippen LogP contribution in [0.3, 0.4) is 0 Å². The van der Waals surface area contributed by atoms with E-state index in [1.807, 2.05) is 41.7 Å². The average Bonchev–Trinajstić information content (AvgIpc) is 3.11. The molecular weight excluding hydrogens is 671 g/mol. The highest BCUT2D eigenvalue weighted by Crippen LogP contribution is 2.34. The smallest absolute Gasteiger partial charge is 0.346 e. The fourth-order valence-corrected chi connectivity index (χ4v) is 9.90. The molecule has 0 saturated carbocycles. The van der Waals surface area contributed by atoms with Crippen molar-refractivity contribution < 1.29 is 33.1 Å². The Labute approximate surface area is 308 Å². The number of hydrogen-bond donors (Lipinski definition) is 1. The first kappa shape index (κ1) is 45.4. The normalized spacial score (nSPS) is 18.0. The molecule has 0 aromatic carbocycles. The van der Waals surface area contributed by atoms with Gasteiger partial charge in [-0.1, -0.05) is 92.5 Å². The molecule has 1 rings (SSSR count). The van der Waals surface area contributed by atoms with Crippen LogP contribution in [0.4, 0.5) is 0 Å². The minimum absolute atomic E-state index is 0.0678. The molecule has 1 heterocycles. The van der Waals surface area contributed by atoms with Gasteiger partial charge in [0, 0.05) is 17.4 Å². The molecule has 1 aliphatic heterocycles. The molecule has 0 aromatic rings. The molecule has 50 heavy (non-hydrogen) atoms. The van der Waals surface area contributed by atoms with Crippen LogP contribution < -0.4 is 5.32 Å². The van der Waals surface area contributed by atoms with E-state index in [-0.39, 0.29) is 48.4 Å². The van der Waals surface area contributed by atoms with Crippen LogP contribution in [-0.2, 0) is 33.1 Å². The molecule has 1 N–H and O–H groups in total. The number of carbonyl (C=O) groups is 4. The Morgan fingerprint density at radius 1 is 1.10 bits per heavy atom. The summed E-state index contributed by atoms with van der Waals surface area (Å²) in [5.41, 5.74) is 0.0678. The summed E-state index contributed by atoms with van der Waals surface area (Å²) < 4.78 is 17.6. The van der Waals surface area contributed by atoms with Gasteiger partial charge in [0.15, 0.2) is 15.0 Å². The van der Waals surface area contributed by atoms with Crippen LogP contribution in [0.1, 0.15) is 100 Å². The second kappa shape index (κ2) is 23.1. The molecule has 1 aliphatic rings. The molecule has 0 bridgehead atoms. The Kier molecular flexibility index (Phi) is 21.0. The van der Waals surface area contributed by atoms with Crippen molar-refractivity contribution in [1.82, 2.24) is 15.1 Å². The van der Waals surface area contributed by atoms with Gasteiger partial charge in [-0.3, -0.25) is 19.3 Å². The van der Waals surface area contributed by atoms with E-state index < -0.39 is 38.4 Å². The third kappa shape index (κ3) is 13.5. The number of nitrogens with zero attached hydrogens (tertiary/aromatic N) is 2. The molecule has 1 saturated heterocycles. The van der Waals surface area contributed by atoms with Crippen molar-refractivity contribution in [2.24, 2.45) is 11.8 Å². The third-order valence-corrected chi connectivity index (χ3v) is 15.7. The van der Waals surface area contributed by atoms with Gasteiger partial charge in [-0.05, 0) is 74.7 Å². The summed E-state index contributed by atoms with van der Waals surface area (Å²) in [6, 6.07) is 1.10. The summed E-state index contributed by atoms with van der Waals surface area (Å²) in [6.07, 6.45) is 9.68. The van der Waals surface area contributed by atoms with Crippen molar-refractivity contribution in [2.75, 3.05) is 27.4 Å². The van der Waals surface area contributed by atoms with Gasteiger partial charge in [0.1, 0.15) is 11.6 Å². The molecule has 1 fully saturated rings. The largest absolute Gasteiger partial charge is 0.465 e. The first-order chi connectivity index (χ1) is 23.7. The van der Waals surface area contributed by atoms with Gasteiger partial charge in [-0.2, -0.15) is 0 Å².